The van der Waals surface area contributed by atoms with Gasteiger partial charge in [0.15, 0.2) is 11.6 Å². The maximum atomic E-state index is 13.4. The van der Waals surface area contributed by atoms with Crippen LogP contribution in [-0.4, -0.2) is 20.7 Å². The van der Waals surface area contributed by atoms with Crippen molar-refractivity contribution in [1.29, 1.82) is 5.26 Å². The minimum Gasteiger partial charge on any atom is -0.494 e. The molecular weight excluding hydrogens is 207 g/mol. The van der Waals surface area contributed by atoms with E-state index in [2.05, 4.69) is 6.07 Å². The molecule has 0 aliphatic heterocycles. The van der Waals surface area contributed by atoms with E-state index in [9.17, 15) is 4.39 Å². The van der Waals surface area contributed by atoms with E-state index in [0.717, 1.165) is 18.7 Å². The van der Waals surface area contributed by atoms with E-state index < -0.39 is 0 Å². The van der Waals surface area contributed by atoms with E-state index >= 15 is 0 Å². The zero-order valence-electron chi connectivity index (χ0n) is 9.53. The number of methoxy groups -OCH3 is 1. The molecule has 0 aromatic heterocycles. The molecule has 0 N–H and O–H groups in total. The van der Waals surface area contributed by atoms with Crippen molar-refractivity contribution < 1.29 is 9.13 Å². The Labute approximate surface area is 95.1 Å². The van der Waals surface area contributed by atoms with Crippen molar-refractivity contribution in [2.75, 3.05) is 25.6 Å². The van der Waals surface area contributed by atoms with Crippen LogP contribution in [0.15, 0.2) is 18.2 Å². The molecule has 0 saturated heterocycles. The largest absolute Gasteiger partial charge is 0.494 e. The average Bonchev–Trinajstić information content (AvgIpc) is 2.29. The summed E-state index contributed by atoms with van der Waals surface area (Å²) in [6, 6.07) is 6.92. The van der Waals surface area contributed by atoms with E-state index in [1.807, 2.05) is 11.9 Å². The van der Waals surface area contributed by atoms with Crippen molar-refractivity contribution in [3.63, 3.8) is 0 Å². The Kier molecular flexibility index (Phi) is 4.59. The smallest absolute Gasteiger partial charge is 0.167 e. The highest BCUT2D eigenvalue weighted by atomic mass is 19.1. The molecule has 0 fully saturated rings. The van der Waals surface area contributed by atoms with Crippen LogP contribution in [-0.2, 0) is 0 Å². The van der Waals surface area contributed by atoms with Crippen LogP contribution in [0.1, 0.15) is 12.8 Å². The number of halogens is 1. The summed E-state index contributed by atoms with van der Waals surface area (Å²) >= 11 is 0. The van der Waals surface area contributed by atoms with Crippen LogP contribution in [0.4, 0.5) is 10.1 Å². The molecule has 0 atom stereocenters. The van der Waals surface area contributed by atoms with Gasteiger partial charge in [-0.1, -0.05) is 0 Å². The van der Waals surface area contributed by atoms with Gasteiger partial charge in [-0.25, -0.2) is 4.39 Å². The zero-order valence-corrected chi connectivity index (χ0v) is 9.53. The molecule has 16 heavy (non-hydrogen) atoms. The van der Waals surface area contributed by atoms with E-state index in [1.54, 1.807) is 12.1 Å². The van der Waals surface area contributed by atoms with Crippen molar-refractivity contribution in [3.05, 3.63) is 24.0 Å². The van der Waals surface area contributed by atoms with Crippen LogP contribution in [0.5, 0.6) is 5.75 Å². The van der Waals surface area contributed by atoms with Crippen LogP contribution in [0.2, 0.25) is 0 Å². The summed E-state index contributed by atoms with van der Waals surface area (Å²) in [7, 11) is 3.31. The number of hydrogen-bond donors (Lipinski definition) is 0. The summed E-state index contributed by atoms with van der Waals surface area (Å²) in [5.41, 5.74) is 0.788. The summed E-state index contributed by atoms with van der Waals surface area (Å²) in [6.07, 6.45) is 1.30. The molecule has 1 aromatic carbocycles. The highest BCUT2D eigenvalue weighted by Gasteiger charge is 2.06. The number of benzene rings is 1. The quantitative estimate of drug-likeness (QED) is 0.718. The van der Waals surface area contributed by atoms with Gasteiger partial charge in [-0.2, -0.15) is 5.26 Å². The number of ether oxygens (including phenoxy) is 1. The molecule has 0 bridgehead atoms. The highest BCUT2D eigenvalue weighted by molar-refractivity contribution is 5.49. The van der Waals surface area contributed by atoms with Crippen LogP contribution in [0.3, 0.4) is 0 Å². The molecule has 0 amide bonds. The van der Waals surface area contributed by atoms with Gasteiger partial charge in [0, 0.05) is 31.8 Å². The lowest BCUT2D eigenvalue weighted by molar-refractivity contribution is 0.386. The predicted molar refractivity (Wildman–Crippen MR) is 61.1 cm³/mol. The van der Waals surface area contributed by atoms with Crippen LogP contribution in [0, 0.1) is 17.1 Å². The standard InChI is InChI=1S/C12H15FN2O/c1-15(8-4-3-7-14)10-5-6-12(16-2)11(13)9-10/h5-6,9H,3-4,8H2,1-2H3. The SMILES string of the molecule is COc1ccc(N(C)CCCC#N)cc1F. The number of anilines is 1. The van der Waals surface area contributed by atoms with Gasteiger partial charge in [-0.15, -0.1) is 0 Å². The Morgan fingerprint density at radius 3 is 2.81 bits per heavy atom. The van der Waals surface area contributed by atoms with E-state index in [-0.39, 0.29) is 11.6 Å². The van der Waals surface area contributed by atoms with Crippen molar-refractivity contribution >= 4 is 5.69 Å². The monoisotopic (exact) mass is 222 g/mol. The van der Waals surface area contributed by atoms with Crippen LogP contribution in [0.25, 0.3) is 0 Å². The fourth-order valence-corrected chi connectivity index (χ4v) is 1.42. The van der Waals surface area contributed by atoms with Crippen molar-refractivity contribution in [2.24, 2.45) is 0 Å². The van der Waals surface area contributed by atoms with Gasteiger partial charge >= 0.3 is 0 Å². The molecule has 0 unspecified atom stereocenters. The van der Waals surface area contributed by atoms with Crippen molar-refractivity contribution in [3.8, 4) is 11.8 Å². The topological polar surface area (TPSA) is 36.3 Å². The van der Waals surface area contributed by atoms with E-state index in [0.29, 0.717) is 6.42 Å². The highest BCUT2D eigenvalue weighted by Crippen LogP contribution is 2.22. The van der Waals surface area contributed by atoms with Crippen molar-refractivity contribution in [2.45, 2.75) is 12.8 Å². The molecule has 86 valence electrons. The molecule has 4 heteroatoms. The number of hydrogen-bond acceptors (Lipinski definition) is 3. The van der Waals surface area contributed by atoms with Gasteiger partial charge in [0.1, 0.15) is 0 Å². The summed E-state index contributed by atoms with van der Waals surface area (Å²) in [6.45, 7) is 0.735. The molecule has 1 rings (SSSR count). The molecule has 0 aliphatic carbocycles. The second-order valence-electron chi connectivity index (χ2n) is 3.50. The Morgan fingerprint density at radius 2 is 2.25 bits per heavy atom. The zero-order chi connectivity index (χ0) is 12.0. The van der Waals surface area contributed by atoms with E-state index in [1.165, 1.54) is 13.2 Å². The average molecular weight is 222 g/mol. The minimum atomic E-state index is -0.368. The molecule has 0 radical (unpaired) electrons. The Balaban J connectivity index is 2.66. The first-order valence-electron chi connectivity index (χ1n) is 5.10. The Morgan fingerprint density at radius 1 is 1.50 bits per heavy atom. The Hall–Kier alpha value is -1.76. The lowest BCUT2D eigenvalue weighted by atomic mass is 10.2. The third-order valence-corrected chi connectivity index (χ3v) is 2.36. The lowest BCUT2D eigenvalue weighted by Crippen LogP contribution is -2.18. The molecular formula is C12H15FN2O. The summed E-state index contributed by atoms with van der Waals surface area (Å²) in [4.78, 5) is 1.92. The molecule has 0 saturated carbocycles. The third-order valence-electron chi connectivity index (χ3n) is 2.36. The maximum absolute atomic E-state index is 13.4. The van der Waals surface area contributed by atoms with Gasteiger partial charge in [-0.05, 0) is 18.6 Å². The Bertz CT molecular complexity index is 387. The number of nitrogens with zero attached hydrogens (tertiary/aromatic N) is 2. The van der Waals surface area contributed by atoms with Crippen LogP contribution >= 0.6 is 0 Å². The first kappa shape index (κ1) is 12.3. The van der Waals surface area contributed by atoms with Crippen molar-refractivity contribution in [1.82, 2.24) is 0 Å². The number of nitriles is 1. The summed E-state index contributed by atoms with van der Waals surface area (Å²) in [5, 5.41) is 8.42. The third kappa shape index (κ3) is 3.13. The van der Waals surface area contributed by atoms with Gasteiger partial charge in [0.05, 0.1) is 13.2 Å². The predicted octanol–water partition coefficient (Wildman–Crippen LogP) is 2.57. The molecule has 1 aromatic rings. The molecule has 0 aliphatic rings. The first-order chi connectivity index (χ1) is 7.69. The van der Waals surface area contributed by atoms with Gasteiger partial charge in [0.25, 0.3) is 0 Å². The summed E-state index contributed by atoms with van der Waals surface area (Å²) in [5.74, 6) is -0.124. The summed E-state index contributed by atoms with van der Waals surface area (Å²) < 4.78 is 18.2. The van der Waals surface area contributed by atoms with E-state index in [4.69, 9.17) is 10.00 Å². The molecule has 0 heterocycles. The number of rotatable bonds is 5. The number of unbranched alkanes of at least 4 members (excludes halogenated alkanes) is 1. The fraction of sp³-hybridized carbons (Fsp3) is 0.417. The first-order valence-corrected chi connectivity index (χ1v) is 5.10. The van der Waals surface area contributed by atoms with Crippen LogP contribution < -0.4 is 9.64 Å². The normalized spacial score (nSPS) is 9.62. The van der Waals surface area contributed by atoms with Gasteiger partial charge in [0.2, 0.25) is 0 Å². The second kappa shape index (κ2) is 5.96. The fourth-order valence-electron chi connectivity index (χ4n) is 1.42. The van der Waals surface area contributed by atoms with Gasteiger partial charge < -0.3 is 9.64 Å². The second-order valence-corrected chi connectivity index (χ2v) is 3.50. The maximum Gasteiger partial charge on any atom is 0.167 e. The minimum absolute atomic E-state index is 0.245. The van der Waals surface area contributed by atoms with Gasteiger partial charge in [-0.3, -0.25) is 0 Å². The lowest BCUT2D eigenvalue weighted by Gasteiger charge is -2.19. The molecule has 3 nitrogen and oxygen atoms in total. The molecule has 0 spiro atoms.